The number of hydrogen-bond acceptors (Lipinski definition) is 6. The van der Waals surface area contributed by atoms with E-state index in [2.05, 4.69) is 5.16 Å². The van der Waals surface area contributed by atoms with Crippen molar-refractivity contribution >= 4 is 11.9 Å². The number of benzene rings is 3. The average molecular weight is 483 g/mol. The zero-order chi connectivity index (χ0) is 25.1. The monoisotopic (exact) mass is 482 g/mol. The lowest BCUT2D eigenvalue weighted by atomic mass is 9.85. The molecule has 0 saturated carbocycles. The third-order valence-corrected chi connectivity index (χ3v) is 6.48. The van der Waals surface area contributed by atoms with E-state index in [9.17, 15) is 9.59 Å². The van der Waals surface area contributed by atoms with Crippen LogP contribution >= 0.6 is 0 Å². The molecule has 182 valence electrons. The number of carbonyl (C=O) groups is 2. The van der Waals surface area contributed by atoms with Crippen molar-refractivity contribution in [2.24, 2.45) is 0 Å². The van der Waals surface area contributed by atoms with Crippen LogP contribution in [0.5, 0.6) is 5.75 Å². The number of rotatable bonds is 8. The number of methoxy groups -OCH3 is 1. The minimum Gasteiger partial charge on any atom is -0.497 e. The first kappa shape index (κ1) is 23.4. The van der Waals surface area contributed by atoms with E-state index >= 15 is 0 Å². The molecule has 7 nitrogen and oxygen atoms in total. The molecule has 0 radical (unpaired) electrons. The summed E-state index contributed by atoms with van der Waals surface area (Å²) in [6.45, 7) is 2.18. The lowest BCUT2D eigenvalue weighted by Crippen LogP contribution is -2.51. The molecule has 1 unspecified atom stereocenters. The fourth-order valence-corrected chi connectivity index (χ4v) is 4.75. The third-order valence-electron chi connectivity index (χ3n) is 6.48. The molecule has 0 saturated heterocycles. The summed E-state index contributed by atoms with van der Waals surface area (Å²) in [6, 6.07) is 26.1. The second kappa shape index (κ2) is 9.70. The SMILES string of the molecule is CCOC(=O)C1(Cc2cc(-c3ccc(OC)cc3)no2)c2ccccc2C(=O)N1Cc1ccccc1. The van der Waals surface area contributed by atoms with E-state index in [1.165, 1.54) is 0 Å². The Morgan fingerprint density at radius 3 is 2.44 bits per heavy atom. The van der Waals surface area contributed by atoms with Gasteiger partial charge in [0.25, 0.3) is 5.91 Å². The van der Waals surface area contributed by atoms with Gasteiger partial charge in [0.05, 0.1) is 13.7 Å². The normalized spacial score (nSPS) is 16.6. The number of fused-ring (bicyclic) bond motifs is 1. The van der Waals surface area contributed by atoms with E-state index in [1.54, 1.807) is 37.1 Å². The second-order valence-electron chi connectivity index (χ2n) is 8.59. The molecule has 1 aliphatic heterocycles. The van der Waals surface area contributed by atoms with E-state index in [0.717, 1.165) is 16.9 Å². The molecule has 0 spiro atoms. The Balaban J connectivity index is 1.59. The van der Waals surface area contributed by atoms with Crippen LogP contribution in [-0.2, 0) is 28.0 Å². The number of aromatic nitrogens is 1. The molecule has 5 rings (SSSR count). The molecule has 0 fully saturated rings. The van der Waals surface area contributed by atoms with Crippen molar-refractivity contribution in [3.05, 3.63) is 107 Å². The lowest BCUT2D eigenvalue weighted by molar-refractivity contribution is -0.157. The molecule has 7 heteroatoms. The van der Waals surface area contributed by atoms with Gasteiger partial charge in [-0.05, 0) is 42.8 Å². The summed E-state index contributed by atoms with van der Waals surface area (Å²) in [5.74, 6) is 0.483. The van der Waals surface area contributed by atoms with E-state index < -0.39 is 11.5 Å². The summed E-state index contributed by atoms with van der Waals surface area (Å²) in [6.07, 6.45) is 0.0879. The highest BCUT2D eigenvalue weighted by molar-refractivity contribution is 6.06. The van der Waals surface area contributed by atoms with Crippen molar-refractivity contribution in [3.63, 3.8) is 0 Å². The van der Waals surface area contributed by atoms with Crippen LogP contribution in [0.3, 0.4) is 0 Å². The first-order valence-electron chi connectivity index (χ1n) is 11.8. The van der Waals surface area contributed by atoms with Gasteiger partial charge in [0.15, 0.2) is 5.54 Å². The van der Waals surface area contributed by atoms with Crippen LogP contribution in [-0.4, -0.2) is 35.6 Å². The molecule has 0 N–H and O–H groups in total. The molecule has 1 atom stereocenters. The number of amides is 1. The van der Waals surface area contributed by atoms with Crippen molar-refractivity contribution in [2.45, 2.75) is 25.4 Å². The zero-order valence-corrected chi connectivity index (χ0v) is 20.1. The van der Waals surface area contributed by atoms with Gasteiger partial charge >= 0.3 is 5.97 Å². The minimum absolute atomic E-state index is 0.0879. The molecule has 1 amide bonds. The van der Waals surface area contributed by atoms with Gasteiger partial charge < -0.3 is 18.9 Å². The van der Waals surface area contributed by atoms with Crippen LogP contribution in [0.25, 0.3) is 11.3 Å². The van der Waals surface area contributed by atoms with Crippen molar-refractivity contribution in [2.75, 3.05) is 13.7 Å². The molecule has 0 bridgehead atoms. The maximum absolute atomic E-state index is 13.7. The van der Waals surface area contributed by atoms with Crippen LogP contribution < -0.4 is 4.74 Å². The van der Waals surface area contributed by atoms with Crippen LogP contribution in [0.4, 0.5) is 0 Å². The van der Waals surface area contributed by atoms with E-state index in [1.807, 2.05) is 66.7 Å². The maximum Gasteiger partial charge on any atom is 0.337 e. The molecular weight excluding hydrogens is 456 g/mol. The van der Waals surface area contributed by atoms with Gasteiger partial charge in [0.1, 0.15) is 17.2 Å². The Labute approximate surface area is 209 Å². The fraction of sp³-hybridized carbons (Fsp3) is 0.207. The van der Waals surface area contributed by atoms with E-state index in [4.69, 9.17) is 14.0 Å². The second-order valence-corrected chi connectivity index (χ2v) is 8.59. The molecule has 0 aliphatic carbocycles. The predicted molar refractivity (Wildman–Crippen MR) is 133 cm³/mol. The van der Waals surface area contributed by atoms with Gasteiger partial charge in [-0.2, -0.15) is 0 Å². The maximum atomic E-state index is 13.7. The van der Waals surface area contributed by atoms with E-state index in [-0.39, 0.29) is 25.5 Å². The van der Waals surface area contributed by atoms with Crippen LogP contribution in [0.15, 0.2) is 89.5 Å². The number of esters is 1. The van der Waals surface area contributed by atoms with Gasteiger partial charge in [0.2, 0.25) is 0 Å². The quantitative estimate of drug-likeness (QED) is 0.329. The Morgan fingerprint density at radius 1 is 1.00 bits per heavy atom. The lowest BCUT2D eigenvalue weighted by Gasteiger charge is -2.36. The van der Waals surface area contributed by atoms with Gasteiger partial charge in [-0.25, -0.2) is 4.79 Å². The Kier molecular flexibility index (Phi) is 6.29. The highest BCUT2D eigenvalue weighted by Crippen LogP contribution is 2.44. The van der Waals surface area contributed by atoms with Gasteiger partial charge in [0, 0.05) is 35.7 Å². The number of hydrogen-bond donors (Lipinski definition) is 0. The molecule has 36 heavy (non-hydrogen) atoms. The Morgan fingerprint density at radius 2 is 1.72 bits per heavy atom. The topological polar surface area (TPSA) is 81.9 Å². The molecule has 1 aromatic heterocycles. The minimum atomic E-state index is -1.39. The zero-order valence-electron chi connectivity index (χ0n) is 20.1. The molecule has 2 heterocycles. The summed E-state index contributed by atoms with van der Waals surface area (Å²) < 4.78 is 16.5. The first-order valence-corrected chi connectivity index (χ1v) is 11.8. The predicted octanol–water partition coefficient (Wildman–Crippen LogP) is 5.01. The number of nitrogens with zero attached hydrogens (tertiary/aromatic N) is 2. The van der Waals surface area contributed by atoms with Crippen molar-refractivity contribution in [3.8, 4) is 17.0 Å². The van der Waals surface area contributed by atoms with Gasteiger partial charge in [-0.15, -0.1) is 0 Å². The molecule has 3 aromatic carbocycles. The van der Waals surface area contributed by atoms with Crippen LogP contribution in [0.2, 0.25) is 0 Å². The van der Waals surface area contributed by atoms with Gasteiger partial charge in [-0.1, -0.05) is 53.7 Å². The Hall–Kier alpha value is -4.39. The number of ether oxygens (including phenoxy) is 2. The van der Waals surface area contributed by atoms with Crippen molar-refractivity contribution in [1.29, 1.82) is 0 Å². The Bertz CT molecular complexity index is 1380. The smallest absolute Gasteiger partial charge is 0.337 e. The van der Waals surface area contributed by atoms with Gasteiger partial charge in [-0.3, -0.25) is 4.79 Å². The van der Waals surface area contributed by atoms with Crippen molar-refractivity contribution < 1.29 is 23.6 Å². The summed E-state index contributed by atoms with van der Waals surface area (Å²) in [5, 5.41) is 4.23. The fourth-order valence-electron chi connectivity index (χ4n) is 4.75. The standard InChI is InChI=1S/C29H26N2O5/c1-3-35-28(33)29(18-23-17-26(30-36-23)21-13-15-22(34-2)16-14-21)25-12-8-7-11-24(25)27(32)31(29)19-20-9-5-4-6-10-20/h4-17H,3,18-19H2,1-2H3. The average Bonchev–Trinajstić information content (AvgIpc) is 3.47. The molecule has 4 aromatic rings. The molecule has 1 aliphatic rings. The summed E-state index contributed by atoms with van der Waals surface area (Å²) in [4.78, 5) is 29.0. The molecular formula is C29H26N2O5. The summed E-state index contributed by atoms with van der Waals surface area (Å²) in [5.41, 5.74) is 2.07. The number of carbonyl (C=O) groups excluding carboxylic acids is 2. The van der Waals surface area contributed by atoms with Crippen molar-refractivity contribution in [1.82, 2.24) is 10.1 Å². The first-order chi connectivity index (χ1) is 17.6. The van der Waals surface area contributed by atoms with Crippen LogP contribution in [0, 0.1) is 0 Å². The largest absolute Gasteiger partial charge is 0.497 e. The van der Waals surface area contributed by atoms with Crippen LogP contribution in [0.1, 0.15) is 34.2 Å². The highest BCUT2D eigenvalue weighted by Gasteiger charge is 2.56. The summed E-state index contributed by atoms with van der Waals surface area (Å²) in [7, 11) is 1.61. The third kappa shape index (κ3) is 4.02. The highest BCUT2D eigenvalue weighted by atomic mass is 16.5. The van der Waals surface area contributed by atoms with E-state index in [0.29, 0.717) is 22.6 Å². The summed E-state index contributed by atoms with van der Waals surface area (Å²) >= 11 is 0.